The fourth-order valence-corrected chi connectivity index (χ4v) is 4.53. The third-order valence-electron chi connectivity index (χ3n) is 8.03. The summed E-state index contributed by atoms with van der Waals surface area (Å²) < 4.78 is 31.5. The molecular formula is C34H59NO13. The standard InChI is InChI=1S/C34H59NO13/c1-7-33(21-43-27(3)37,22-44-28(4)38)25-47-31(41)15-11-9-13-17-35(19-20-36)18-14-10-12-16-32(42)48-26-34(8-2,23-45-29(5)39)24-46-30(6)40/h36H,7-26H2,1-6H3. The molecule has 0 saturated carbocycles. The number of rotatable bonds is 28. The maximum Gasteiger partial charge on any atom is 0.305 e. The average Bonchev–Trinajstić information content (AvgIpc) is 3.03. The third kappa shape index (κ3) is 22.3. The van der Waals surface area contributed by atoms with Crippen LogP contribution < -0.4 is 0 Å². The second-order valence-corrected chi connectivity index (χ2v) is 12.3. The molecular weight excluding hydrogens is 630 g/mol. The number of aliphatic hydroxyl groups excluding tert-OH is 1. The number of unbranched alkanes of at least 4 members (excludes halogenated alkanes) is 4. The Balaban J connectivity index is 4.47. The minimum Gasteiger partial charge on any atom is -0.465 e. The molecule has 0 rings (SSSR count). The summed E-state index contributed by atoms with van der Waals surface area (Å²) in [6.07, 6.45) is 5.90. The van der Waals surface area contributed by atoms with E-state index in [-0.39, 0.29) is 71.0 Å². The maximum absolute atomic E-state index is 12.4. The summed E-state index contributed by atoms with van der Waals surface area (Å²) in [7, 11) is 0. The van der Waals surface area contributed by atoms with Gasteiger partial charge < -0.3 is 38.4 Å². The van der Waals surface area contributed by atoms with Gasteiger partial charge in [0, 0.05) is 47.1 Å². The van der Waals surface area contributed by atoms with Gasteiger partial charge in [0.1, 0.15) is 39.6 Å². The monoisotopic (exact) mass is 689 g/mol. The Labute approximate surface area is 285 Å². The molecule has 0 bridgehead atoms. The van der Waals surface area contributed by atoms with Crippen LogP contribution in [0, 0.1) is 10.8 Å². The number of ether oxygens (including phenoxy) is 6. The molecule has 1 N–H and O–H groups in total. The van der Waals surface area contributed by atoms with Crippen molar-refractivity contribution in [2.24, 2.45) is 10.8 Å². The van der Waals surface area contributed by atoms with Crippen LogP contribution in [0.2, 0.25) is 0 Å². The summed E-state index contributed by atoms with van der Waals surface area (Å²) in [6.45, 7) is 10.7. The largest absolute Gasteiger partial charge is 0.465 e. The number of esters is 6. The molecule has 0 amide bonds. The second kappa shape index (κ2) is 25.7. The average molecular weight is 690 g/mol. The second-order valence-electron chi connectivity index (χ2n) is 12.3. The molecule has 0 aromatic rings. The van der Waals surface area contributed by atoms with Gasteiger partial charge in [-0.25, -0.2) is 0 Å². The van der Waals surface area contributed by atoms with E-state index in [2.05, 4.69) is 4.90 Å². The zero-order valence-electron chi connectivity index (χ0n) is 29.9. The van der Waals surface area contributed by atoms with Gasteiger partial charge in [-0.3, -0.25) is 28.8 Å². The summed E-state index contributed by atoms with van der Waals surface area (Å²) in [6, 6.07) is 0. The molecule has 0 aromatic carbocycles. The number of aliphatic hydroxyl groups is 1. The maximum atomic E-state index is 12.4. The van der Waals surface area contributed by atoms with Crippen molar-refractivity contribution in [1.29, 1.82) is 0 Å². The van der Waals surface area contributed by atoms with Crippen LogP contribution >= 0.6 is 0 Å². The lowest BCUT2D eigenvalue weighted by atomic mass is 9.88. The number of carbonyl (C=O) groups excluding carboxylic acids is 6. The Morgan fingerprint density at radius 2 is 0.792 bits per heavy atom. The van der Waals surface area contributed by atoms with Crippen LogP contribution in [0.1, 0.15) is 106 Å². The molecule has 48 heavy (non-hydrogen) atoms. The molecule has 0 aliphatic carbocycles. The van der Waals surface area contributed by atoms with E-state index in [1.807, 2.05) is 13.8 Å². The van der Waals surface area contributed by atoms with Crippen molar-refractivity contribution in [1.82, 2.24) is 4.90 Å². The number of hydrogen-bond acceptors (Lipinski definition) is 14. The molecule has 0 aromatic heterocycles. The molecule has 0 aliphatic heterocycles. The van der Waals surface area contributed by atoms with Crippen LogP contribution in [0.4, 0.5) is 0 Å². The first kappa shape index (κ1) is 44.7. The molecule has 0 saturated heterocycles. The quantitative estimate of drug-likeness (QED) is 0.0716. The minimum atomic E-state index is -0.808. The predicted octanol–water partition coefficient (Wildman–Crippen LogP) is 3.53. The smallest absolute Gasteiger partial charge is 0.305 e. The first-order chi connectivity index (χ1) is 22.7. The first-order valence-electron chi connectivity index (χ1n) is 16.9. The van der Waals surface area contributed by atoms with Crippen LogP contribution in [-0.2, 0) is 57.2 Å². The molecule has 0 unspecified atom stereocenters. The van der Waals surface area contributed by atoms with Gasteiger partial charge in [-0.05, 0) is 51.6 Å². The highest BCUT2D eigenvalue weighted by atomic mass is 16.6. The van der Waals surface area contributed by atoms with Gasteiger partial charge in [0.05, 0.1) is 17.4 Å². The minimum absolute atomic E-state index is 0.0260. The summed E-state index contributed by atoms with van der Waals surface area (Å²) in [5.74, 6) is -2.64. The van der Waals surface area contributed by atoms with Gasteiger partial charge >= 0.3 is 35.8 Å². The molecule has 0 radical (unpaired) electrons. The Hall–Kier alpha value is -3.26. The van der Waals surface area contributed by atoms with Crippen molar-refractivity contribution in [3.05, 3.63) is 0 Å². The number of hydrogen-bond donors (Lipinski definition) is 1. The lowest BCUT2D eigenvalue weighted by molar-refractivity contribution is -0.163. The lowest BCUT2D eigenvalue weighted by Gasteiger charge is -2.30. The van der Waals surface area contributed by atoms with E-state index in [9.17, 15) is 33.9 Å². The van der Waals surface area contributed by atoms with Crippen molar-refractivity contribution in [3.8, 4) is 0 Å². The highest BCUT2D eigenvalue weighted by Crippen LogP contribution is 2.26. The number of carbonyl (C=O) groups is 6. The van der Waals surface area contributed by atoms with Crippen molar-refractivity contribution in [3.63, 3.8) is 0 Å². The fourth-order valence-electron chi connectivity index (χ4n) is 4.53. The Bertz CT molecular complexity index is 874. The topological polar surface area (TPSA) is 181 Å². The van der Waals surface area contributed by atoms with Gasteiger partial charge in [-0.15, -0.1) is 0 Å². The van der Waals surface area contributed by atoms with Crippen LogP contribution in [-0.4, -0.2) is 112 Å². The summed E-state index contributed by atoms with van der Waals surface area (Å²) in [5, 5.41) is 9.48. The van der Waals surface area contributed by atoms with Gasteiger partial charge in [-0.2, -0.15) is 0 Å². The molecule has 0 aliphatic rings. The Kier molecular flexibility index (Phi) is 24.0. The highest BCUT2D eigenvalue weighted by Gasteiger charge is 2.34. The predicted molar refractivity (Wildman–Crippen MR) is 174 cm³/mol. The van der Waals surface area contributed by atoms with Gasteiger partial charge in [0.15, 0.2) is 0 Å². The highest BCUT2D eigenvalue weighted by molar-refractivity contribution is 5.70. The summed E-state index contributed by atoms with van der Waals surface area (Å²) >= 11 is 0. The fraction of sp³-hybridized carbons (Fsp3) is 0.824. The molecule has 278 valence electrons. The van der Waals surface area contributed by atoms with E-state index in [1.54, 1.807) is 0 Å². The Morgan fingerprint density at radius 1 is 0.479 bits per heavy atom. The van der Waals surface area contributed by atoms with E-state index in [4.69, 9.17) is 28.4 Å². The van der Waals surface area contributed by atoms with Crippen molar-refractivity contribution in [2.45, 2.75) is 106 Å². The normalized spacial score (nSPS) is 11.5. The van der Waals surface area contributed by atoms with Crippen molar-refractivity contribution < 1.29 is 62.3 Å². The van der Waals surface area contributed by atoms with Crippen molar-refractivity contribution >= 4 is 35.8 Å². The molecule has 14 heteroatoms. The van der Waals surface area contributed by atoms with Crippen LogP contribution in [0.25, 0.3) is 0 Å². The van der Waals surface area contributed by atoms with Crippen LogP contribution in [0.3, 0.4) is 0 Å². The van der Waals surface area contributed by atoms with E-state index >= 15 is 0 Å². The van der Waals surface area contributed by atoms with Crippen molar-refractivity contribution in [2.75, 3.05) is 65.9 Å². The summed E-state index contributed by atoms with van der Waals surface area (Å²) in [5.41, 5.74) is -1.62. The van der Waals surface area contributed by atoms with E-state index in [0.29, 0.717) is 32.2 Å². The molecule has 0 spiro atoms. The Morgan fingerprint density at radius 3 is 1.06 bits per heavy atom. The molecule has 0 heterocycles. The molecule has 0 fully saturated rings. The van der Waals surface area contributed by atoms with Crippen LogP contribution in [0.15, 0.2) is 0 Å². The SMILES string of the molecule is CCC(COC(C)=O)(COC(C)=O)COC(=O)CCCCCN(CCO)CCCCCC(=O)OCC(CC)(COC(C)=O)COC(C)=O. The van der Waals surface area contributed by atoms with Crippen LogP contribution in [0.5, 0.6) is 0 Å². The lowest BCUT2D eigenvalue weighted by Crippen LogP contribution is -2.38. The molecule has 14 nitrogen and oxygen atoms in total. The van der Waals surface area contributed by atoms with Gasteiger partial charge in [0.25, 0.3) is 0 Å². The summed E-state index contributed by atoms with van der Waals surface area (Å²) in [4.78, 5) is 72.2. The first-order valence-corrected chi connectivity index (χ1v) is 16.9. The molecule has 0 atom stereocenters. The van der Waals surface area contributed by atoms with Gasteiger partial charge in [0.2, 0.25) is 0 Å². The van der Waals surface area contributed by atoms with Gasteiger partial charge in [-0.1, -0.05) is 26.7 Å². The zero-order valence-corrected chi connectivity index (χ0v) is 29.9. The van der Waals surface area contributed by atoms with E-state index < -0.39 is 34.7 Å². The zero-order chi connectivity index (χ0) is 36.4. The van der Waals surface area contributed by atoms with E-state index in [1.165, 1.54) is 27.7 Å². The number of nitrogens with zero attached hydrogens (tertiary/aromatic N) is 1. The third-order valence-corrected chi connectivity index (χ3v) is 8.03. The van der Waals surface area contributed by atoms with E-state index in [0.717, 1.165) is 38.8 Å².